The fraction of sp³-hybridized carbons (Fsp3) is 0.200. The van der Waals surface area contributed by atoms with Crippen LogP contribution in [0.15, 0.2) is 42.5 Å². The van der Waals surface area contributed by atoms with Gasteiger partial charge in [0.25, 0.3) is 0 Å². The predicted molar refractivity (Wildman–Crippen MR) is 104 cm³/mol. The van der Waals surface area contributed by atoms with Crippen LogP contribution in [-0.4, -0.2) is 11.0 Å². The Bertz CT molecular complexity index is 952. The Morgan fingerprint density at radius 3 is 2.62 bits per heavy atom. The van der Waals surface area contributed by atoms with Crippen LogP contribution in [0.25, 0.3) is 10.6 Å². The molecule has 0 aliphatic heterocycles. The summed E-state index contributed by atoms with van der Waals surface area (Å²) >= 11 is 1.57. The number of nitrogens with zero attached hydrogens (tertiary/aromatic N) is 1. The first-order chi connectivity index (χ1) is 12.4. The second-order valence-electron chi connectivity index (χ2n) is 6.11. The van der Waals surface area contributed by atoms with Crippen LogP contribution in [0.3, 0.4) is 0 Å². The van der Waals surface area contributed by atoms with E-state index in [1.165, 1.54) is 11.6 Å². The first-order valence-electron chi connectivity index (χ1n) is 8.27. The molecule has 134 valence electrons. The summed E-state index contributed by atoms with van der Waals surface area (Å²) in [5, 5.41) is 6.38. The number of halogens is 1. The fourth-order valence-corrected chi connectivity index (χ4v) is 3.62. The van der Waals surface area contributed by atoms with E-state index in [1.54, 1.807) is 30.4 Å². The molecule has 0 fully saturated rings. The number of hydrogen-bond acceptors (Lipinski definition) is 3. The average molecular weight is 369 g/mol. The zero-order chi connectivity index (χ0) is 18.7. The van der Waals surface area contributed by atoms with Gasteiger partial charge >= 0.3 is 6.03 Å². The Morgan fingerprint density at radius 2 is 1.88 bits per heavy atom. The van der Waals surface area contributed by atoms with Crippen LogP contribution in [0.4, 0.5) is 14.9 Å². The molecule has 0 atom stereocenters. The molecule has 2 N–H and O–H groups in total. The molecule has 0 spiro atoms. The SMILES string of the molecule is Cc1ccc(NC(=O)NCc2sc(-c3ccccc3C)nc2C)cc1F. The highest BCUT2D eigenvalue weighted by atomic mass is 32.1. The maximum Gasteiger partial charge on any atom is 0.319 e. The number of carbonyl (C=O) groups excluding carboxylic acids is 1. The number of benzene rings is 2. The van der Waals surface area contributed by atoms with Gasteiger partial charge in [0.05, 0.1) is 12.2 Å². The normalized spacial score (nSPS) is 10.6. The van der Waals surface area contributed by atoms with Gasteiger partial charge in [-0.1, -0.05) is 30.3 Å². The van der Waals surface area contributed by atoms with Gasteiger partial charge in [-0.05, 0) is 44.0 Å². The van der Waals surface area contributed by atoms with Gasteiger partial charge in [0.1, 0.15) is 10.8 Å². The van der Waals surface area contributed by atoms with E-state index in [9.17, 15) is 9.18 Å². The number of hydrogen-bond donors (Lipinski definition) is 2. The molecular weight excluding hydrogens is 349 g/mol. The van der Waals surface area contributed by atoms with Gasteiger partial charge in [-0.25, -0.2) is 14.2 Å². The highest BCUT2D eigenvalue weighted by Gasteiger charge is 2.12. The largest absolute Gasteiger partial charge is 0.333 e. The predicted octanol–water partition coefficient (Wildman–Crippen LogP) is 5.20. The molecule has 6 heteroatoms. The number of anilines is 1. The summed E-state index contributed by atoms with van der Waals surface area (Å²) in [4.78, 5) is 17.7. The molecular formula is C20H20FN3OS. The maximum absolute atomic E-state index is 13.6. The molecule has 3 rings (SSSR count). The van der Waals surface area contributed by atoms with E-state index >= 15 is 0 Å². The van der Waals surface area contributed by atoms with Gasteiger partial charge < -0.3 is 10.6 Å². The Labute approximate surface area is 156 Å². The highest BCUT2D eigenvalue weighted by Crippen LogP contribution is 2.30. The minimum Gasteiger partial charge on any atom is -0.333 e. The van der Waals surface area contributed by atoms with Crippen molar-refractivity contribution in [2.75, 3.05) is 5.32 Å². The number of rotatable bonds is 4. The van der Waals surface area contributed by atoms with Gasteiger partial charge in [0.15, 0.2) is 0 Å². The minimum absolute atomic E-state index is 0.344. The Hall–Kier alpha value is -2.73. The van der Waals surface area contributed by atoms with E-state index in [0.717, 1.165) is 21.1 Å². The molecule has 3 aromatic rings. The third-order valence-corrected chi connectivity index (χ3v) is 5.30. The second kappa shape index (κ2) is 7.66. The van der Waals surface area contributed by atoms with Crippen LogP contribution in [-0.2, 0) is 6.54 Å². The first-order valence-corrected chi connectivity index (χ1v) is 9.09. The molecule has 2 amide bonds. The van der Waals surface area contributed by atoms with Crippen LogP contribution in [0, 0.1) is 26.6 Å². The van der Waals surface area contributed by atoms with Crippen molar-refractivity contribution < 1.29 is 9.18 Å². The molecule has 1 aromatic heterocycles. The van der Waals surface area contributed by atoms with E-state index in [-0.39, 0.29) is 11.8 Å². The molecule has 2 aromatic carbocycles. The summed E-state index contributed by atoms with van der Waals surface area (Å²) in [6.45, 7) is 6.04. The topological polar surface area (TPSA) is 54.0 Å². The lowest BCUT2D eigenvalue weighted by molar-refractivity contribution is 0.252. The summed E-state index contributed by atoms with van der Waals surface area (Å²) in [5.41, 5.74) is 4.13. The van der Waals surface area contributed by atoms with Gasteiger partial charge in [-0.3, -0.25) is 0 Å². The smallest absolute Gasteiger partial charge is 0.319 e. The molecule has 4 nitrogen and oxygen atoms in total. The fourth-order valence-electron chi connectivity index (χ4n) is 2.53. The summed E-state index contributed by atoms with van der Waals surface area (Å²) in [6.07, 6.45) is 0. The number of aryl methyl sites for hydroxylation is 3. The molecule has 0 radical (unpaired) electrons. The van der Waals surface area contributed by atoms with Crippen molar-refractivity contribution in [2.45, 2.75) is 27.3 Å². The zero-order valence-electron chi connectivity index (χ0n) is 14.9. The zero-order valence-corrected chi connectivity index (χ0v) is 15.7. The number of nitrogens with one attached hydrogen (secondary N) is 2. The third-order valence-electron chi connectivity index (χ3n) is 4.11. The van der Waals surface area contributed by atoms with E-state index < -0.39 is 0 Å². The van der Waals surface area contributed by atoms with Crippen LogP contribution in [0.2, 0.25) is 0 Å². The van der Waals surface area contributed by atoms with Gasteiger partial charge in [-0.15, -0.1) is 11.3 Å². The summed E-state index contributed by atoms with van der Waals surface area (Å²) in [5.74, 6) is -0.344. The van der Waals surface area contributed by atoms with Crippen LogP contribution >= 0.6 is 11.3 Å². The van der Waals surface area contributed by atoms with Gasteiger partial charge in [0.2, 0.25) is 0 Å². The highest BCUT2D eigenvalue weighted by molar-refractivity contribution is 7.15. The average Bonchev–Trinajstić information content (AvgIpc) is 2.97. The number of carbonyl (C=O) groups is 1. The van der Waals surface area contributed by atoms with Crippen LogP contribution in [0.5, 0.6) is 0 Å². The van der Waals surface area contributed by atoms with Crippen molar-refractivity contribution in [2.24, 2.45) is 0 Å². The second-order valence-corrected chi connectivity index (χ2v) is 7.20. The molecule has 0 aliphatic rings. The van der Waals surface area contributed by atoms with Crippen molar-refractivity contribution in [1.82, 2.24) is 10.3 Å². The van der Waals surface area contributed by atoms with E-state index in [1.807, 2.05) is 25.1 Å². The summed E-state index contributed by atoms with van der Waals surface area (Å²) < 4.78 is 13.6. The van der Waals surface area contributed by atoms with Gasteiger partial charge in [-0.2, -0.15) is 0 Å². The Kier molecular flexibility index (Phi) is 5.32. The lowest BCUT2D eigenvalue weighted by atomic mass is 10.1. The molecule has 0 aliphatic carbocycles. The van der Waals surface area contributed by atoms with Crippen LogP contribution < -0.4 is 10.6 Å². The standard InChI is InChI=1S/C20H20FN3OS/c1-12-6-4-5-7-16(12)19-23-14(3)18(26-19)11-22-20(25)24-15-9-8-13(2)17(21)10-15/h4-10H,11H2,1-3H3,(H2,22,24,25). The monoisotopic (exact) mass is 369 g/mol. The lowest BCUT2D eigenvalue weighted by Gasteiger charge is -2.08. The number of amides is 2. The third kappa shape index (κ3) is 4.08. The quantitative estimate of drug-likeness (QED) is 0.664. The van der Waals surface area contributed by atoms with Gasteiger partial charge in [0, 0.05) is 16.1 Å². The van der Waals surface area contributed by atoms with E-state index in [0.29, 0.717) is 17.8 Å². The van der Waals surface area contributed by atoms with E-state index in [2.05, 4.69) is 28.6 Å². The van der Waals surface area contributed by atoms with E-state index in [4.69, 9.17) is 0 Å². The summed E-state index contributed by atoms with van der Waals surface area (Å²) in [6, 6.07) is 12.3. The maximum atomic E-state index is 13.6. The first kappa shape index (κ1) is 18.1. The minimum atomic E-state index is -0.376. The molecule has 26 heavy (non-hydrogen) atoms. The van der Waals surface area contributed by atoms with Crippen molar-refractivity contribution in [3.8, 4) is 10.6 Å². The molecule has 0 bridgehead atoms. The number of urea groups is 1. The lowest BCUT2D eigenvalue weighted by Crippen LogP contribution is -2.28. The van der Waals surface area contributed by atoms with Crippen LogP contribution in [0.1, 0.15) is 21.7 Å². The molecule has 1 heterocycles. The van der Waals surface area contributed by atoms with Crippen molar-refractivity contribution in [1.29, 1.82) is 0 Å². The Morgan fingerprint density at radius 1 is 1.12 bits per heavy atom. The molecule has 0 saturated carbocycles. The van der Waals surface area contributed by atoms with Crippen molar-refractivity contribution >= 4 is 23.1 Å². The van der Waals surface area contributed by atoms with Crippen molar-refractivity contribution in [3.05, 3.63) is 70.0 Å². The molecule has 0 saturated heterocycles. The number of aromatic nitrogens is 1. The Balaban J connectivity index is 1.65. The number of thiazole rings is 1. The summed E-state index contributed by atoms with van der Waals surface area (Å²) in [7, 11) is 0. The molecule has 0 unspecified atom stereocenters. The van der Waals surface area contributed by atoms with Crippen molar-refractivity contribution in [3.63, 3.8) is 0 Å².